The number of benzene rings is 2. The molecule has 0 heterocycles. The van der Waals surface area contributed by atoms with Gasteiger partial charge in [0.25, 0.3) is 0 Å². The first kappa shape index (κ1) is 11.1. The van der Waals surface area contributed by atoms with Gasteiger partial charge in [-0.1, -0.05) is 0 Å². The molecule has 0 amide bonds. The molecule has 0 aliphatic rings. The van der Waals surface area contributed by atoms with Crippen molar-refractivity contribution in [3.8, 4) is 11.5 Å². The number of rotatable bonds is 4. The number of hydrogen-bond acceptors (Lipinski definition) is 2. The van der Waals surface area contributed by atoms with Crippen LogP contribution in [0.25, 0.3) is 0 Å². The zero-order chi connectivity index (χ0) is 10.3. The van der Waals surface area contributed by atoms with Crippen molar-refractivity contribution in [2.45, 2.75) is 0 Å². The SMILES string of the molecule is c1ccc([O][Ba][O]c2ccccc2)cc1. The predicted molar refractivity (Wildman–Crippen MR) is 59.9 cm³/mol. The Balaban J connectivity index is 1.81. The first-order chi connectivity index (χ1) is 7.45. The summed E-state index contributed by atoms with van der Waals surface area (Å²) in [6.45, 7) is 0. The van der Waals surface area contributed by atoms with Crippen LogP contribution in [0.4, 0.5) is 0 Å². The van der Waals surface area contributed by atoms with Gasteiger partial charge in [-0.15, -0.1) is 0 Å². The van der Waals surface area contributed by atoms with Gasteiger partial charge in [0.2, 0.25) is 0 Å². The fourth-order valence-electron chi connectivity index (χ4n) is 1.20. The van der Waals surface area contributed by atoms with Crippen molar-refractivity contribution >= 4 is 45.5 Å². The average molecular weight is 324 g/mol. The third kappa shape index (κ3) is 3.93. The summed E-state index contributed by atoms with van der Waals surface area (Å²) in [7, 11) is 0. The summed E-state index contributed by atoms with van der Waals surface area (Å²) in [5.74, 6) is 1.82. The van der Waals surface area contributed by atoms with E-state index in [2.05, 4.69) is 0 Å². The van der Waals surface area contributed by atoms with Crippen LogP contribution < -0.4 is 0.114 Å². The van der Waals surface area contributed by atoms with Gasteiger partial charge in [0.15, 0.2) is 0 Å². The van der Waals surface area contributed by atoms with Crippen LogP contribution in [0.3, 0.4) is 0 Å². The normalized spacial score (nSPS) is 9.07. The molecule has 0 fully saturated rings. The Labute approximate surface area is 116 Å². The molecule has 0 aliphatic heterocycles. The standard InChI is InChI=1S/2C6H6O.Ba/c2*7-6-4-2-1-3-5-6;/h2*1-5,7H;/q;;+2/p-2. The van der Waals surface area contributed by atoms with Gasteiger partial charge in [0.1, 0.15) is 0 Å². The van der Waals surface area contributed by atoms with Crippen LogP contribution in [-0.4, -0.2) is 45.5 Å². The second-order valence-corrected chi connectivity index (χ2v) is 5.59. The molecule has 0 unspecified atom stereocenters. The maximum absolute atomic E-state index is 5.61. The van der Waals surface area contributed by atoms with Crippen molar-refractivity contribution in [1.82, 2.24) is 0 Å². The molecule has 2 rings (SSSR count). The Morgan fingerprint density at radius 3 is 1.40 bits per heavy atom. The molecular weight excluding hydrogens is 313 g/mol. The summed E-state index contributed by atoms with van der Waals surface area (Å²) < 4.78 is 11.2. The minimum absolute atomic E-state index is 0.912. The van der Waals surface area contributed by atoms with Gasteiger partial charge < -0.3 is 0 Å². The van der Waals surface area contributed by atoms with Crippen molar-refractivity contribution in [2.75, 3.05) is 0 Å². The molecule has 3 heteroatoms. The molecule has 72 valence electrons. The third-order valence-corrected chi connectivity index (χ3v) is 4.77. The van der Waals surface area contributed by atoms with E-state index in [0.717, 1.165) is 11.5 Å². The monoisotopic (exact) mass is 324 g/mol. The zero-order valence-electron chi connectivity index (χ0n) is 8.30. The topological polar surface area (TPSA) is 18.5 Å². The second kappa shape index (κ2) is 6.25. The fraction of sp³-hybridized carbons (Fsp3) is 0. The molecule has 0 spiro atoms. The Kier molecular flexibility index (Phi) is 4.63. The Bertz CT molecular complexity index is 349. The van der Waals surface area contributed by atoms with E-state index in [9.17, 15) is 0 Å². The van der Waals surface area contributed by atoms with Gasteiger partial charge >= 0.3 is 118 Å². The molecule has 0 bridgehead atoms. The second-order valence-electron chi connectivity index (χ2n) is 3.03. The molecule has 0 saturated carbocycles. The molecule has 0 aliphatic carbocycles. The van der Waals surface area contributed by atoms with E-state index >= 15 is 0 Å². The van der Waals surface area contributed by atoms with Gasteiger partial charge in [0, 0.05) is 0 Å². The van der Waals surface area contributed by atoms with Crippen molar-refractivity contribution in [3.05, 3.63) is 60.7 Å². The van der Waals surface area contributed by atoms with Crippen LogP contribution in [0.5, 0.6) is 11.5 Å². The van der Waals surface area contributed by atoms with Crippen molar-refractivity contribution in [3.63, 3.8) is 0 Å². The zero-order valence-corrected chi connectivity index (χ0v) is 12.7. The Morgan fingerprint density at radius 2 is 1.00 bits per heavy atom. The van der Waals surface area contributed by atoms with E-state index in [0.29, 0.717) is 0 Å². The molecule has 0 radical (unpaired) electrons. The quantitative estimate of drug-likeness (QED) is 0.806. The molecule has 0 aromatic heterocycles. The summed E-state index contributed by atoms with van der Waals surface area (Å²) >= 11 is -1.71. The number of para-hydroxylation sites is 2. The van der Waals surface area contributed by atoms with E-state index < -0.39 is 45.5 Å². The van der Waals surface area contributed by atoms with Gasteiger partial charge in [-0.2, -0.15) is 0 Å². The predicted octanol–water partition coefficient (Wildman–Crippen LogP) is 2.68. The Hall–Kier alpha value is -0.389. The molecule has 2 aromatic carbocycles. The Morgan fingerprint density at radius 1 is 0.600 bits per heavy atom. The van der Waals surface area contributed by atoms with Crippen LogP contribution in [0.2, 0.25) is 0 Å². The van der Waals surface area contributed by atoms with Crippen molar-refractivity contribution < 1.29 is 0.114 Å². The third-order valence-electron chi connectivity index (χ3n) is 1.94. The molecule has 0 N–H and O–H groups in total. The van der Waals surface area contributed by atoms with E-state index in [1.807, 2.05) is 60.7 Å². The molecule has 2 aromatic rings. The molecule has 0 saturated heterocycles. The summed E-state index contributed by atoms with van der Waals surface area (Å²) in [4.78, 5) is 0. The number of hydrogen-bond donors (Lipinski definition) is 0. The van der Waals surface area contributed by atoms with Crippen LogP contribution in [0.1, 0.15) is 0 Å². The van der Waals surface area contributed by atoms with Crippen LogP contribution in [0, 0.1) is 0 Å². The van der Waals surface area contributed by atoms with Crippen LogP contribution in [-0.2, 0) is 0 Å². The summed E-state index contributed by atoms with van der Waals surface area (Å²) in [5.41, 5.74) is 0. The molecule has 0 atom stereocenters. The molecular formula is C12H10BaO2. The summed E-state index contributed by atoms with van der Waals surface area (Å²) in [6, 6.07) is 19.6. The average Bonchev–Trinajstić information content (AvgIpc) is 2.32. The van der Waals surface area contributed by atoms with E-state index in [1.165, 1.54) is 0 Å². The van der Waals surface area contributed by atoms with Crippen LogP contribution >= 0.6 is 0 Å². The van der Waals surface area contributed by atoms with Crippen molar-refractivity contribution in [2.24, 2.45) is 0 Å². The van der Waals surface area contributed by atoms with Crippen molar-refractivity contribution in [1.29, 1.82) is 0 Å². The first-order valence-electron chi connectivity index (χ1n) is 4.81. The van der Waals surface area contributed by atoms with E-state index in [1.54, 1.807) is 0 Å². The fourth-order valence-corrected chi connectivity index (χ4v) is 3.45. The minimum atomic E-state index is -1.71. The van der Waals surface area contributed by atoms with Crippen LogP contribution in [0.15, 0.2) is 60.7 Å². The van der Waals surface area contributed by atoms with Gasteiger partial charge in [-0.05, 0) is 0 Å². The van der Waals surface area contributed by atoms with Gasteiger partial charge in [-0.3, -0.25) is 0 Å². The van der Waals surface area contributed by atoms with E-state index in [-0.39, 0.29) is 0 Å². The summed E-state index contributed by atoms with van der Waals surface area (Å²) in [5, 5.41) is 0. The van der Waals surface area contributed by atoms with Gasteiger partial charge in [-0.25, -0.2) is 0 Å². The first-order valence-corrected chi connectivity index (χ1v) is 8.43. The van der Waals surface area contributed by atoms with Gasteiger partial charge in [0.05, 0.1) is 0 Å². The van der Waals surface area contributed by atoms with E-state index in [4.69, 9.17) is 0.114 Å². The molecule has 2 nitrogen and oxygen atoms in total. The molecule has 15 heavy (non-hydrogen) atoms. The summed E-state index contributed by atoms with van der Waals surface area (Å²) in [6.07, 6.45) is 0. The maximum atomic E-state index is 5.61.